The lowest BCUT2D eigenvalue weighted by atomic mass is 10.0. The molecule has 0 bridgehead atoms. The molecule has 2 nitrogen and oxygen atoms in total. The third-order valence-corrected chi connectivity index (χ3v) is 3.11. The van der Waals surface area contributed by atoms with Gasteiger partial charge in [0.2, 0.25) is 0 Å². The lowest BCUT2D eigenvalue weighted by molar-refractivity contribution is 0.310. The zero-order valence-corrected chi connectivity index (χ0v) is 14.4. The van der Waals surface area contributed by atoms with E-state index in [2.05, 4.69) is 32.6 Å². The van der Waals surface area contributed by atoms with Crippen molar-refractivity contribution in [3.63, 3.8) is 0 Å². The van der Waals surface area contributed by atoms with Crippen molar-refractivity contribution in [2.45, 2.75) is 41.0 Å². The van der Waals surface area contributed by atoms with E-state index in [4.69, 9.17) is 9.47 Å². The van der Waals surface area contributed by atoms with Crippen molar-refractivity contribution in [2.24, 2.45) is 5.92 Å². The SMILES string of the molecule is C=CC(C)C/C=C(\C)c1cccc(OCC)c1OC.CC. The van der Waals surface area contributed by atoms with Crippen molar-refractivity contribution in [1.82, 2.24) is 0 Å². The Morgan fingerprint density at radius 1 is 1.33 bits per heavy atom. The molecule has 118 valence electrons. The number of allylic oxidation sites excluding steroid dienone is 3. The number of hydrogen-bond donors (Lipinski definition) is 0. The van der Waals surface area contributed by atoms with Gasteiger partial charge in [-0.25, -0.2) is 0 Å². The summed E-state index contributed by atoms with van der Waals surface area (Å²) in [4.78, 5) is 0. The van der Waals surface area contributed by atoms with Gasteiger partial charge in [0.15, 0.2) is 11.5 Å². The highest BCUT2D eigenvalue weighted by Crippen LogP contribution is 2.35. The van der Waals surface area contributed by atoms with Crippen LogP contribution in [0.3, 0.4) is 0 Å². The zero-order valence-electron chi connectivity index (χ0n) is 14.4. The van der Waals surface area contributed by atoms with E-state index < -0.39 is 0 Å². The van der Waals surface area contributed by atoms with Crippen LogP contribution in [0.5, 0.6) is 11.5 Å². The molecular weight excluding hydrogens is 260 g/mol. The maximum absolute atomic E-state index is 5.60. The number of benzene rings is 1. The van der Waals surface area contributed by atoms with Crippen molar-refractivity contribution in [1.29, 1.82) is 0 Å². The molecule has 0 radical (unpaired) electrons. The highest BCUT2D eigenvalue weighted by atomic mass is 16.5. The highest BCUT2D eigenvalue weighted by Gasteiger charge is 2.11. The van der Waals surface area contributed by atoms with Gasteiger partial charge in [0, 0.05) is 5.56 Å². The molecule has 0 saturated carbocycles. The first-order valence-corrected chi connectivity index (χ1v) is 7.73. The summed E-state index contributed by atoms with van der Waals surface area (Å²) in [6.45, 7) is 14.7. The molecule has 0 aromatic heterocycles. The average Bonchev–Trinajstić information content (AvgIpc) is 2.54. The summed E-state index contributed by atoms with van der Waals surface area (Å²) in [5, 5.41) is 0. The van der Waals surface area contributed by atoms with Crippen LogP contribution in [0.2, 0.25) is 0 Å². The molecule has 1 rings (SSSR count). The van der Waals surface area contributed by atoms with Crippen LogP contribution in [-0.2, 0) is 0 Å². The molecule has 0 saturated heterocycles. The van der Waals surface area contributed by atoms with Crippen LogP contribution in [0.15, 0.2) is 36.9 Å². The maximum Gasteiger partial charge on any atom is 0.168 e. The lowest BCUT2D eigenvalue weighted by Gasteiger charge is -2.14. The van der Waals surface area contributed by atoms with Gasteiger partial charge in [0.25, 0.3) is 0 Å². The van der Waals surface area contributed by atoms with Gasteiger partial charge in [-0.3, -0.25) is 0 Å². The van der Waals surface area contributed by atoms with E-state index in [1.807, 2.05) is 39.0 Å². The minimum Gasteiger partial charge on any atom is -0.492 e. The second kappa shape index (κ2) is 11.0. The summed E-state index contributed by atoms with van der Waals surface area (Å²) in [6.07, 6.45) is 5.18. The fourth-order valence-corrected chi connectivity index (χ4v) is 1.87. The Morgan fingerprint density at radius 2 is 2.00 bits per heavy atom. The molecular formula is C19H30O2. The minimum absolute atomic E-state index is 0.482. The standard InChI is InChI=1S/C17H24O2.C2H6/c1-6-13(3)11-12-14(4)15-9-8-10-16(19-7-2)17(15)18-5;1-2/h6,8-10,12-13H,1,7,11H2,2-5H3;1-2H3/b14-12+;. The normalized spacial score (nSPS) is 12.0. The predicted octanol–water partition coefficient (Wildman–Crippen LogP) is 5.74. The van der Waals surface area contributed by atoms with E-state index in [0.717, 1.165) is 23.5 Å². The smallest absolute Gasteiger partial charge is 0.168 e. The van der Waals surface area contributed by atoms with Crippen LogP contribution < -0.4 is 9.47 Å². The summed E-state index contributed by atoms with van der Waals surface area (Å²) in [5.74, 6) is 2.09. The first-order valence-electron chi connectivity index (χ1n) is 7.73. The Hall–Kier alpha value is -1.70. The van der Waals surface area contributed by atoms with Crippen molar-refractivity contribution < 1.29 is 9.47 Å². The summed E-state index contributed by atoms with van der Waals surface area (Å²) in [6, 6.07) is 5.99. The fraction of sp³-hybridized carbons (Fsp3) is 0.474. The summed E-state index contributed by atoms with van der Waals surface area (Å²) in [7, 11) is 1.68. The molecule has 0 spiro atoms. The Balaban J connectivity index is 0.00000191. The van der Waals surface area contributed by atoms with Gasteiger partial charge in [0.1, 0.15) is 0 Å². The molecule has 0 N–H and O–H groups in total. The number of rotatable bonds is 7. The largest absolute Gasteiger partial charge is 0.492 e. The highest BCUT2D eigenvalue weighted by molar-refractivity contribution is 5.71. The molecule has 0 aliphatic rings. The van der Waals surface area contributed by atoms with Gasteiger partial charge in [-0.05, 0) is 37.8 Å². The van der Waals surface area contributed by atoms with Crippen LogP contribution in [-0.4, -0.2) is 13.7 Å². The van der Waals surface area contributed by atoms with Crippen LogP contribution in [0.1, 0.15) is 46.6 Å². The van der Waals surface area contributed by atoms with E-state index >= 15 is 0 Å². The average molecular weight is 290 g/mol. The summed E-state index contributed by atoms with van der Waals surface area (Å²) < 4.78 is 11.1. The topological polar surface area (TPSA) is 18.5 Å². The first kappa shape index (κ1) is 19.3. The Bertz CT molecular complexity index is 447. The fourth-order valence-electron chi connectivity index (χ4n) is 1.87. The Labute approximate surface area is 130 Å². The molecule has 21 heavy (non-hydrogen) atoms. The maximum atomic E-state index is 5.60. The van der Waals surface area contributed by atoms with Crippen LogP contribution in [0.25, 0.3) is 5.57 Å². The summed E-state index contributed by atoms with van der Waals surface area (Å²) >= 11 is 0. The van der Waals surface area contributed by atoms with Crippen molar-refractivity contribution >= 4 is 5.57 Å². The van der Waals surface area contributed by atoms with Crippen LogP contribution >= 0.6 is 0 Å². The third kappa shape index (κ3) is 6.07. The number of para-hydroxylation sites is 1. The quantitative estimate of drug-likeness (QED) is 0.596. The number of methoxy groups -OCH3 is 1. The molecule has 1 aromatic rings. The Morgan fingerprint density at radius 3 is 2.52 bits per heavy atom. The molecule has 0 heterocycles. The lowest BCUT2D eigenvalue weighted by Crippen LogP contribution is -1.98. The number of ether oxygens (including phenoxy) is 2. The molecule has 2 heteroatoms. The van der Waals surface area contributed by atoms with E-state index in [-0.39, 0.29) is 0 Å². The zero-order chi connectivity index (χ0) is 16.3. The molecule has 1 unspecified atom stereocenters. The van der Waals surface area contributed by atoms with E-state index in [0.29, 0.717) is 12.5 Å². The monoisotopic (exact) mass is 290 g/mol. The Kier molecular flexibility index (Phi) is 10.1. The van der Waals surface area contributed by atoms with E-state index in [1.54, 1.807) is 7.11 Å². The predicted molar refractivity (Wildman–Crippen MR) is 93.1 cm³/mol. The molecule has 1 aromatic carbocycles. The molecule has 0 amide bonds. The third-order valence-electron chi connectivity index (χ3n) is 3.11. The van der Waals surface area contributed by atoms with Gasteiger partial charge in [-0.1, -0.05) is 45.1 Å². The molecule has 0 fully saturated rings. The van der Waals surface area contributed by atoms with Gasteiger partial charge in [-0.15, -0.1) is 6.58 Å². The van der Waals surface area contributed by atoms with Gasteiger partial charge in [-0.2, -0.15) is 0 Å². The van der Waals surface area contributed by atoms with Crippen molar-refractivity contribution in [2.75, 3.05) is 13.7 Å². The van der Waals surface area contributed by atoms with Crippen LogP contribution in [0.4, 0.5) is 0 Å². The van der Waals surface area contributed by atoms with Gasteiger partial charge < -0.3 is 9.47 Å². The molecule has 1 atom stereocenters. The van der Waals surface area contributed by atoms with Gasteiger partial charge in [0.05, 0.1) is 13.7 Å². The van der Waals surface area contributed by atoms with E-state index in [9.17, 15) is 0 Å². The van der Waals surface area contributed by atoms with Crippen molar-refractivity contribution in [3.8, 4) is 11.5 Å². The van der Waals surface area contributed by atoms with E-state index in [1.165, 1.54) is 5.57 Å². The molecule has 0 aliphatic heterocycles. The molecule has 0 aliphatic carbocycles. The second-order valence-electron chi connectivity index (χ2n) is 4.61. The van der Waals surface area contributed by atoms with Crippen molar-refractivity contribution in [3.05, 3.63) is 42.5 Å². The number of hydrogen-bond acceptors (Lipinski definition) is 2. The van der Waals surface area contributed by atoms with Crippen LogP contribution in [0, 0.1) is 5.92 Å². The van der Waals surface area contributed by atoms with Gasteiger partial charge >= 0.3 is 0 Å². The minimum atomic E-state index is 0.482. The first-order chi connectivity index (χ1) is 10.1. The summed E-state index contributed by atoms with van der Waals surface area (Å²) in [5.41, 5.74) is 2.29. The second-order valence-corrected chi connectivity index (χ2v) is 4.61.